The second kappa shape index (κ2) is 7.97. The summed E-state index contributed by atoms with van der Waals surface area (Å²) in [6, 6.07) is 14.8. The highest BCUT2D eigenvalue weighted by Gasteiger charge is 2.21. The van der Waals surface area contributed by atoms with E-state index in [4.69, 9.17) is 16.3 Å². The van der Waals surface area contributed by atoms with Gasteiger partial charge in [0.2, 0.25) is 5.91 Å². The zero-order chi connectivity index (χ0) is 17.7. The van der Waals surface area contributed by atoms with Crippen molar-refractivity contribution in [3.63, 3.8) is 0 Å². The molecule has 0 radical (unpaired) electrons. The lowest BCUT2D eigenvalue weighted by molar-refractivity contribution is -0.144. The first-order chi connectivity index (χ1) is 11.4. The van der Waals surface area contributed by atoms with Crippen LogP contribution in [0.5, 0.6) is 0 Å². The molecule has 2 rings (SSSR count). The summed E-state index contributed by atoms with van der Waals surface area (Å²) in [5.74, 6) is -0.398. The Morgan fingerprint density at radius 3 is 2.29 bits per heavy atom. The van der Waals surface area contributed by atoms with E-state index in [2.05, 4.69) is 0 Å². The number of nitrogens with zero attached hydrogens (tertiary/aromatic N) is 1. The Kier molecular flexibility index (Phi) is 5.99. The van der Waals surface area contributed by atoms with E-state index < -0.39 is 6.10 Å². The van der Waals surface area contributed by atoms with Crippen LogP contribution in [0.3, 0.4) is 0 Å². The van der Waals surface area contributed by atoms with Gasteiger partial charge in [0.25, 0.3) is 0 Å². The van der Waals surface area contributed by atoms with Crippen LogP contribution in [-0.2, 0) is 20.9 Å². The Bertz CT molecular complexity index is 728. The predicted molar refractivity (Wildman–Crippen MR) is 93.7 cm³/mol. The van der Waals surface area contributed by atoms with Crippen molar-refractivity contribution in [2.75, 3.05) is 7.05 Å². The normalized spacial score (nSPS) is 11.7. The number of hydrogen-bond acceptors (Lipinski definition) is 3. The Labute approximate surface area is 147 Å². The van der Waals surface area contributed by atoms with Gasteiger partial charge in [0.15, 0.2) is 6.10 Å². The molecule has 0 aliphatic rings. The number of carbonyl (C=O) groups excluding carboxylic acids is 2. The summed E-state index contributed by atoms with van der Waals surface area (Å²) in [6.45, 7) is 3.34. The molecule has 0 saturated carbocycles. The third-order valence-electron chi connectivity index (χ3n) is 3.74. The van der Waals surface area contributed by atoms with Crippen molar-refractivity contribution in [1.82, 2.24) is 4.90 Å². The molecule has 1 amide bonds. The number of amides is 1. The van der Waals surface area contributed by atoms with Gasteiger partial charge in [0.1, 0.15) is 0 Å². The molecule has 0 N–H and O–H groups in total. The van der Waals surface area contributed by atoms with Gasteiger partial charge in [-0.2, -0.15) is 0 Å². The third kappa shape index (κ3) is 4.59. The molecule has 0 heterocycles. The van der Waals surface area contributed by atoms with E-state index in [0.717, 1.165) is 16.7 Å². The van der Waals surface area contributed by atoms with E-state index in [9.17, 15) is 9.59 Å². The van der Waals surface area contributed by atoms with Crippen molar-refractivity contribution >= 4 is 23.5 Å². The van der Waals surface area contributed by atoms with Gasteiger partial charge in [-0.05, 0) is 23.3 Å². The van der Waals surface area contributed by atoms with Crippen LogP contribution < -0.4 is 0 Å². The zero-order valence-electron chi connectivity index (χ0n) is 14.0. The van der Waals surface area contributed by atoms with Gasteiger partial charge >= 0.3 is 5.97 Å². The fourth-order valence-electron chi connectivity index (χ4n) is 2.42. The number of hydrogen-bond donors (Lipinski definition) is 0. The molecule has 0 saturated heterocycles. The third-order valence-corrected chi connectivity index (χ3v) is 3.99. The van der Waals surface area contributed by atoms with E-state index in [1.807, 2.05) is 36.4 Å². The molecule has 0 bridgehead atoms. The highest BCUT2D eigenvalue weighted by Crippen LogP contribution is 2.30. The number of esters is 1. The van der Waals surface area contributed by atoms with E-state index in [-0.39, 0.29) is 11.9 Å². The van der Waals surface area contributed by atoms with Gasteiger partial charge in [-0.1, -0.05) is 48.0 Å². The Morgan fingerprint density at radius 2 is 1.71 bits per heavy atom. The molecule has 0 aromatic heterocycles. The maximum absolute atomic E-state index is 11.6. The van der Waals surface area contributed by atoms with Crippen LogP contribution in [-0.4, -0.2) is 23.8 Å². The number of ether oxygens (including phenoxy) is 1. The number of carbonyl (C=O) groups is 2. The van der Waals surface area contributed by atoms with Gasteiger partial charge in [-0.3, -0.25) is 9.59 Å². The van der Waals surface area contributed by atoms with E-state index >= 15 is 0 Å². The zero-order valence-corrected chi connectivity index (χ0v) is 14.7. The molecule has 24 heavy (non-hydrogen) atoms. The maximum Gasteiger partial charge on any atom is 0.303 e. The van der Waals surface area contributed by atoms with Gasteiger partial charge in [0.05, 0.1) is 0 Å². The van der Waals surface area contributed by atoms with Gasteiger partial charge in [-0.15, -0.1) is 0 Å². The van der Waals surface area contributed by atoms with Crippen molar-refractivity contribution in [1.29, 1.82) is 0 Å². The number of halogens is 1. The van der Waals surface area contributed by atoms with Crippen molar-refractivity contribution in [2.24, 2.45) is 0 Å². The topological polar surface area (TPSA) is 46.6 Å². The lowest BCUT2D eigenvalue weighted by atomic mass is 9.96. The quantitative estimate of drug-likeness (QED) is 0.770. The summed E-state index contributed by atoms with van der Waals surface area (Å²) in [7, 11) is 1.74. The molecule has 0 aliphatic heterocycles. The summed E-state index contributed by atoms with van der Waals surface area (Å²) in [5, 5.41) is 0.616. The van der Waals surface area contributed by atoms with Crippen molar-refractivity contribution < 1.29 is 14.3 Å². The number of rotatable bonds is 5. The van der Waals surface area contributed by atoms with Crippen LogP contribution in [0, 0.1) is 0 Å². The molecule has 2 aromatic carbocycles. The molecule has 126 valence electrons. The lowest BCUT2D eigenvalue weighted by Gasteiger charge is -2.23. The highest BCUT2D eigenvalue weighted by atomic mass is 35.5. The smallest absolute Gasteiger partial charge is 0.303 e. The summed E-state index contributed by atoms with van der Waals surface area (Å²) in [5.41, 5.74) is 2.60. The molecule has 0 fully saturated rings. The molecule has 0 spiro atoms. The molecule has 2 aromatic rings. The first kappa shape index (κ1) is 18.0. The SMILES string of the molecule is CC(=O)O[C@H](c1ccc(Cl)cc1)c1ccccc1CN(C)C(C)=O. The average Bonchev–Trinajstić information content (AvgIpc) is 2.54. The summed E-state index contributed by atoms with van der Waals surface area (Å²) in [4.78, 5) is 24.8. The Morgan fingerprint density at radius 1 is 1.08 bits per heavy atom. The Balaban J connectivity index is 2.44. The monoisotopic (exact) mass is 345 g/mol. The van der Waals surface area contributed by atoms with Crippen LogP contribution in [0.4, 0.5) is 0 Å². The fourth-order valence-corrected chi connectivity index (χ4v) is 2.54. The van der Waals surface area contributed by atoms with Crippen LogP contribution >= 0.6 is 11.6 Å². The molecular weight excluding hydrogens is 326 g/mol. The van der Waals surface area contributed by atoms with Gasteiger partial charge < -0.3 is 9.64 Å². The second-order valence-electron chi connectivity index (χ2n) is 5.61. The predicted octanol–water partition coefficient (Wildman–Crippen LogP) is 3.97. The number of benzene rings is 2. The van der Waals surface area contributed by atoms with E-state index in [1.165, 1.54) is 13.8 Å². The summed E-state index contributed by atoms with van der Waals surface area (Å²) >= 11 is 5.95. The largest absolute Gasteiger partial charge is 0.453 e. The Hall–Kier alpha value is -2.33. The van der Waals surface area contributed by atoms with Gasteiger partial charge in [0, 0.05) is 38.0 Å². The minimum absolute atomic E-state index is 0.0275. The van der Waals surface area contributed by atoms with Crippen LogP contribution in [0.1, 0.15) is 36.6 Å². The molecule has 0 unspecified atom stereocenters. The molecule has 1 atom stereocenters. The van der Waals surface area contributed by atoms with Crippen LogP contribution in [0.25, 0.3) is 0 Å². The fraction of sp³-hybridized carbons (Fsp3) is 0.263. The average molecular weight is 346 g/mol. The summed E-state index contributed by atoms with van der Waals surface area (Å²) in [6.07, 6.45) is -0.545. The first-order valence-electron chi connectivity index (χ1n) is 7.60. The minimum atomic E-state index is -0.545. The lowest BCUT2D eigenvalue weighted by Crippen LogP contribution is -2.24. The standard InChI is InChI=1S/C19H20ClNO3/c1-13(22)21(3)12-16-6-4-5-7-18(16)19(24-14(2)23)15-8-10-17(20)11-9-15/h4-11,19H,12H2,1-3H3/t19-/m1/s1. The van der Waals surface area contributed by atoms with Gasteiger partial charge in [-0.25, -0.2) is 0 Å². The van der Waals surface area contributed by atoms with Crippen molar-refractivity contribution in [2.45, 2.75) is 26.5 Å². The van der Waals surface area contributed by atoms with Crippen LogP contribution in [0.2, 0.25) is 5.02 Å². The molecule has 4 nitrogen and oxygen atoms in total. The van der Waals surface area contributed by atoms with Crippen molar-refractivity contribution in [3.05, 3.63) is 70.2 Å². The van der Waals surface area contributed by atoms with E-state index in [0.29, 0.717) is 11.6 Å². The summed E-state index contributed by atoms with van der Waals surface area (Å²) < 4.78 is 5.56. The first-order valence-corrected chi connectivity index (χ1v) is 7.98. The minimum Gasteiger partial charge on any atom is -0.453 e. The molecule has 0 aliphatic carbocycles. The molecular formula is C19H20ClNO3. The molecule has 5 heteroatoms. The van der Waals surface area contributed by atoms with Crippen molar-refractivity contribution in [3.8, 4) is 0 Å². The highest BCUT2D eigenvalue weighted by molar-refractivity contribution is 6.30. The van der Waals surface area contributed by atoms with E-state index in [1.54, 1.807) is 24.1 Å². The second-order valence-corrected chi connectivity index (χ2v) is 6.05. The maximum atomic E-state index is 11.6. The van der Waals surface area contributed by atoms with Crippen LogP contribution in [0.15, 0.2) is 48.5 Å².